The number of carbonyl (C=O) groups excluding carboxylic acids is 1. The van der Waals surface area contributed by atoms with Gasteiger partial charge in [0.1, 0.15) is 0 Å². The highest BCUT2D eigenvalue weighted by Gasteiger charge is 2.07. The molecular formula is C16H16INO3. The average Bonchev–Trinajstić information content (AvgIpc) is 2.49. The Morgan fingerprint density at radius 2 is 1.67 bits per heavy atom. The van der Waals surface area contributed by atoms with E-state index in [-0.39, 0.29) is 12.5 Å². The van der Waals surface area contributed by atoms with Gasteiger partial charge in [-0.05, 0) is 65.9 Å². The number of hydrogen-bond donors (Lipinski definition) is 1. The summed E-state index contributed by atoms with van der Waals surface area (Å²) in [5.41, 5.74) is 0.752. The first-order valence-corrected chi connectivity index (χ1v) is 7.67. The molecule has 0 atom stereocenters. The van der Waals surface area contributed by atoms with Crippen molar-refractivity contribution in [3.8, 4) is 11.5 Å². The first kappa shape index (κ1) is 15.6. The van der Waals surface area contributed by atoms with E-state index in [9.17, 15) is 4.79 Å². The van der Waals surface area contributed by atoms with Crippen LogP contribution in [-0.4, -0.2) is 19.1 Å². The summed E-state index contributed by atoms with van der Waals surface area (Å²) in [5, 5.41) is 2.78. The van der Waals surface area contributed by atoms with Gasteiger partial charge in [0.15, 0.2) is 18.1 Å². The third-order valence-corrected chi connectivity index (χ3v) is 3.35. The van der Waals surface area contributed by atoms with Crippen LogP contribution in [0.1, 0.15) is 6.92 Å². The van der Waals surface area contributed by atoms with Crippen molar-refractivity contribution >= 4 is 34.2 Å². The molecular weight excluding hydrogens is 381 g/mol. The highest BCUT2D eigenvalue weighted by molar-refractivity contribution is 14.1. The number of para-hydroxylation sites is 2. The monoisotopic (exact) mass is 397 g/mol. The fourth-order valence-corrected chi connectivity index (χ4v) is 2.08. The lowest BCUT2D eigenvalue weighted by Crippen LogP contribution is -2.20. The molecule has 0 saturated carbocycles. The van der Waals surface area contributed by atoms with Gasteiger partial charge in [0.05, 0.1) is 6.61 Å². The van der Waals surface area contributed by atoms with Crippen molar-refractivity contribution in [2.24, 2.45) is 0 Å². The van der Waals surface area contributed by atoms with Crippen LogP contribution in [0, 0.1) is 3.57 Å². The van der Waals surface area contributed by atoms with Gasteiger partial charge in [-0.25, -0.2) is 0 Å². The second-order valence-electron chi connectivity index (χ2n) is 4.22. The van der Waals surface area contributed by atoms with Crippen LogP contribution in [0.4, 0.5) is 5.69 Å². The van der Waals surface area contributed by atoms with E-state index in [1.165, 1.54) is 0 Å². The summed E-state index contributed by atoms with van der Waals surface area (Å²) in [6, 6.07) is 14.9. The molecule has 0 unspecified atom stereocenters. The predicted octanol–water partition coefficient (Wildman–Crippen LogP) is 3.71. The molecule has 0 bridgehead atoms. The summed E-state index contributed by atoms with van der Waals surface area (Å²) in [6.07, 6.45) is 0. The maximum Gasteiger partial charge on any atom is 0.262 e. The van der Waals surface area contributed by atoms with E-state index in [0.29, 0.717) is 18.1 Å². The summed E-state index contributed by atoms with van der Waals surface area (Å²) in [5.74, 6) is 1.00. The molecule has 0 fully saturated rings. The maximum atomic E-state index is 11.9. The zero-order valence-electron chi connectivity index (χ0n) is 11.6. The van der Waals surface area contributed by atoms with Crippen molar-refractivity contribution in [1.82, 2.24) is 0 Å². The number of halogens is 1. The van der Waals surface area contributed by atoms with E-state index < -0.39 is 0 Å². The fourth-order valence-electron chi connectivity index (χ4n) is 1.72. The standard InChI is InChI=1S/C16H16INO3/c1-2-20-14-5-3-4-6-15(14)21-11-16(19)18-13-9-7-12(17)8-10-13/h3-10H,2,11H2,1H3,(H,18,19). The van der Waals surface area contributed by atoms with Crippen molar-refractivity contribution in [1.29, 1.82) is 0 Å². The minimum atomic E-state index is -0.206. The second-order valence-corrected chi connectivity index (χ2v) is 5.47. The number of carbonyl (C=O) groups is 1. The Morgan fingerprint density at radius 3 is 2.29 bits per heavy atom. The predicted molar refractivity (Wildman–Crippen MR) is 90.9 cm³/mol. The first-order chi connectivity index (χ1) is 10.2. The summed E-state index contributed by atoms with van der Waals surface area (Å²) >= 11 is 2.21. The van der Waals surface area contributed by atoms with E-state index in [4.69, 9.17) is 9.47 Å². The number of hydrogen-bond acceptors (Lipinski definition) is 3. The van der Waals surface area contributed by atoms with Crippen LogP contribution in [-0.2, 0) is 4.79 Å². The van der Waals surface area contributed by atoms with Crippen molar-refractivity contribution in [2.45, 2.75) is 6.92 Å². The molecule has 0 aliphatic carbocycles. The molecule has 2 aromatic carbocycles. The van der Waals surface area contributed by atoms with Crippen LogP contribution in [0.15, 0.2) is 48.5 Å². The van der Waals surface area contributed by atoms with Gasteiger partial charge >= 0.3 is 0 Å². The van der Waals surface area contributed by atoms with Crippen LogP contribution in [0.2, 0.25) is 0 Å². The molecule has 1 amide bonds. The number of rotatable bonds is 6. The molecule has 0 aliphatic rings. The largest absolute Gasteiger partial charge is 0.490 e. The molecule has 21 heavy (non-hydrogen) atoms. The van der Waals surface area contributed by atoms with Gasteiger partial charge < -0.3 is 14.8 Å². The van der Waals surface area contributed by atoms with Crippen LogP contribution >= 0.6 is 22.6 Å². The van der Waals surface area contributed by atoms with Crippen LogP contribution in [0.25, 0.3) is 0 Å². The number of anilines is 1. The Labute approximate surface area is 137 Å². The van der Waals surface area contributed by atoms with Crippen molar-refractivity contribution < 1.29 is 14.3 Å². The lowest BCUT2D eigenvalue weighted by atomic mass is 10.3. The molecule has 0 radical (unpaired) electrons. The molecule has 2 aromatic rings. The van der Waals surface area contributed by atoms with Crippen molar-refractivity contribution in [3.05, 3.63) is 52.1 Å². The molecule has 110 valence electrons. The number of benzene rings is 2. The molecule has 0 spiro atoms. The normalized spacial score (nSPS) is 10.0. The Kier molecular flexibility index (Phi) is 5.86. The summed E-state index contributed by atoms with van der Waals surface area (Å²) in [7, 11) is 0. The minimum Gasteiger partial charge on any atom is -0.490 e. The van der Waals surface area contributed by atoms with Gasteiger partial charge in [0.2, 0.25) is 0 Å². The minimum absolute atomic E-state index is 0.0595. The van der Waals surface area contributed by atoms with Crippen LogP contribution in [0.3, 0.4) is 0 Å². The van der Waals surface area contributed by atoms with Gasteiger partial charge in [-0.2, -0.15) is 0 Å². The summed E-state index contributed by atoms with van der Waals surface area (Å²) in [4.78, 5) is 11.9. The zero-order valence-corrected chi connectivity index (χ0v) is 13.8. The SMILES string of the molecule is CCOc1ccccc1OCC(=O)Nc1ccc(I)cc1. The van der Waals surface area contributed by atoms with E-state index in [2.05, 4.69) is 27.9 Å². The molecule has 5 heteroatoms. The number of ether oxygens (including phenoxy) is 2. The Morgan fingerprint density at radius 1 is 1.05 bits per heavy atom. The Hall–Kier alpha value is -1.76. The number of amides is 1. The summed E-state index contributed by atoms with van der Waals surface area (Å²) in [6.45, 7) is 2.39. The third kappa shape index (κ3) is 4.93. The topological polar surface area (TPSA) is 47.6 Å². The van der Waals surface area contributed by atoms with Crippen molar-refractivity contribution in [3.63, 3.8) is 0 Å². The van der Waals surface area contributed by atoms with E-state index >= 15 is 0 Å². The van der Waals surface area contributed by atoms with Gasteiger partial charge in [-0.1, -0.05) is 12.1 Å². The molecule has 4 nitrogen and oxygen atoms in total. The molecule has 0 heterocycles. The molecule has 0 saturated heterocycles. The maximum absolute atomic E-state index is 11.9. The molecule has 1 N–H and O–H groups in total. The highest BCUT2D eigenvalue weighted by Crippen LogP contribution is 2.26. The Balaban J connectivity index is 1.90. The van der Waals surface area contributed by atoms with Gasteiger partial charge in [-0.3, -0.25) is 4.79 Å². The first-order valence-electron chi connectivity index (χ1n) is 6.59. The van der Waals surface area contributed by atoms with Crippen LogP contribution < -0.4 is 14.8 Å². The van der Waals surface area contributed by atoms with Gasteiger partial charge in [0.25, 0.3) is 5.91 Å². The third-order valence-electron chi connectivity index (χ3n) is 2.64. The smallest absolute Gasteiger partial charge is 0.262 e. The van der Waals surface area contributed by atoms with E-state index in [0.717, 1.165) is 9.26 Å². The fraction of sp³-hybridized carbons (Fsp3) is 0.188. The molecule has 0 aliphatic heterocycles. The quantitative estimate of drug-likeness (QED) is 0.757. The van der Waals surface area contributed by atoms with E-state index in [1.807, 2.05) is 49.4 Å². The highest BCUT2D eigenvalue weighted by atomic mass is 127. The van der Waals surface area contributed by atoms with Crippen LogP contribution in [0.5, 0.6) is 11.5 Å². The van der Waals surface area contributed by atoms with Gasteiger partial charge in [-0.15, -0.1) is 0 Å². The average molecular weight is 397 g/mol. The van der Waals surface area contributed by atoms with Gasteiger partial charge in [0, 0.05) is 9.26 Å². The molecule has 0 aromatic heterocycles. The molecule has 2 rings (SSSR count). The Bertz CT molecular complexity index is 599. The lowest BCUT2D eigenvalue weighted by Gasteiger charge is -2.11. The zero-order chi connectivity index (χ0) is 15.1. The lowest BCUT2D eigenvalue weighted by molar-refractivity contribution is -0.118. The van der Waals surface area contributed by atoms with E-state index in [1.54, 1.807) is 6.07 Å². The summed E-state index contributed by atoms with van der Waals surface area (Å²) < 4.78 is 12.1. The van der Waals surface area contributed by atoms with Crippen molar-refractivity contribution in [2.75, 3.05) is 18.5 Å². The second kappa shape index (κ2) is 7.87. The number of nitrogens with one attached hydrogen (secondary N) is 1.